The summed E-state index contributed by atoms with van der Waals surface area (Å²) in [7, 11) is 1.54. The maximum absolute atomic E-state index is 14.1. The molecule has 0 saturated heterocycles. The van der Waals surface area contributed by atoms with Gasteiger partial charge in [0.2, 0.25) is 0 Å². The Morgan fingerprint density at radius 1 is 1.00 bits per heavy atom. The van der Waals surface area contributed by atoms with E-state index < -0.39 is 12.0 Å². The van der Waals surface area contributed by atoms with Gasteiger partial charge in [0.1, 0.15) is 12.4 Å². The van der Waals surface area contributed by atoms with Crippen molar-refractivity contribution in [1.29, 1.82) is 0 Å². The molecule has 1 aliphatic heterocycles. The lowest BCUT2D eigenvalue weighted by Crippen LogP contribution is -2.40. The number of benzene rings is 3. The number of carbonyl (C=O) groups is 1. The second-order valence-corrected chi connectivity index (χ2v) is 11.9. The molecule has 0 spiro atoms. The maximum atomic E-state index is 14.1. The molecule has 9 nitrogen and oxygen atoms in total. The van der Waals surface area contributed by atoms with Crippen LogP contribution in [0.5, 0.6) is 23.0 Å². The lowest BCUT2D eigenvalue weighted by molar-refractivity contribution is -0.139. The monoisotopic (exact) mass is 660 g/mol. The lowest BCUT2D eigenvalue weighted by Gasteiger charge is -2.25. The number of methoxy groups -OCH3 is 1. The highest BCUT2D eigenvalue weighted by molar-refractivity contribution is 7.07. The number of rotatable bonds is 12. The molecule has 0 radical (unpaired) electrons. The molecule has 0 saturated carbocycles. The highest BCUT2D eigenvalue weighted by atomic mass is 32.1. The first-order valence-corrected chi connectivity index (χ1v) is 16.1. The minimum absolute atomic E-state index is 0.0815. The number of thiazole rings is 1. The van der Waals surface area contributed by atoms with Gasteiger partial charge >= 0.3 is 5.97 Å². The largest absolute Gasteiger partial charge is 0.493 e. The number of carbonyl (C=O) groups excluding carboxylic acids is 1. The standard InChI is InChI=1S/C36H37FN2O7S/c1-7-43-30-17-23(12-14-27(30)45-20-24-10-9-11-26(37)16-24)18-31-34(40)39-33(25-13-15-28(46-21(3)4)29(19-25)42-6)32(35(41)44-8-2)22(5)38-36(39)47-31/h9-19,21,33H,7-8,20H2,1-6H3/b31-18-/t33-/m1/s1. The predicted molar refractivity (Wildman–Crippen MR) is 177 cm³/mol. The Bertz CT molecular complexity index is 2000. The summed E-state index contributed by atoms with van der Waals surface area (Å²) in [4.78, 5) is 32.5. The Labute approximate surface area is 276 Å². The molecule has 1 aliphatic rings. The number of fused-ring (bicyclic) bond motifs is 1. The quantitative estimate of drug-likeness (QED) is 0.180. The van der Waals surface area contributed by atoms with Crippen molar-refractivity contribution in [3.63, 3.8) is 0 Å². The average molecular weight is 661 g/mol. The molecule has 2 heterocycles. The van der Waals surface area contributed by atoms with Crippen LogP contribution in [0.3, 0.4) is 0 Å². The normalized spacial score (nSPS) is 14.5. The molecule has 0 bridgehead atoms. The van der Waals surface area contributed by atoms with Crippen molar-refractivity contribution < 1.29 is 32.9 Å². The molecule has 4 aromatic rings. The zero-order valence-corrected chi connectivity index (χ0v) is 28.0. The second-order valence-electron chi connectivity index (χ2n) is 10.9. The van der Waals surface area contributed by atoms with Gasteiger partial charge in [0, 0.05) is 0 Å². The molecule has 0 aliphatic carbocycles. The van der Waals surface area contributed by atoms with E-state index in [1.54, 1.807) is 63.4 Å². The molecule has 0 fully saturated rings. The second kappa shape index (κ2) is 14.7. The zero-order valence-electron chi connectivity index (χ0n) is 27.2. The van der Waals surface area contributed by atoms with Crippen molar-refractivity contribution >= 4 is 23.4 Å². The van der Waals surface area contributed by atoms with Gasteiger partial charge in [-0.05, 0) is 93.8 Å². The van der Waals surface area contributed by atoms with Crippen LogP contribution in [0.15, 0.2) is 81.7 Å². The van der Waals surface area contributed by atoms with E-state index in [-0.39, 0.29) is 36.3 Å². The minimum Gasteiger partial charge on any atom is -0.493 e. The first-order chi connectivity index (χ1) is 22.6. The molecule has 1 aromatic heterocycles. The topological polar surface area (TPSA) is 97.6 Å². The number of ether oxygens (including phenoxy) is 5. The third-order valence-electron chi connectivity index (χ3n) is 7.23. The van der Waals surface area contributed by atoms with Crippen LogP contribution in [0.4, 0.5) is 4.39 Å². The van der Waals surface area contributed by atoms with Crippen LogP contribution in [-0.2, 0) is 16.1 Å². The van der Waals surface area contributed by atoms with Gasteiger partial charge in [-0.25, -0.2) is 14.2 Å². The number of aromatic nitrogens is 1. The summed E-state index contributed by atoms with van der Waals surface area (Å²) in [5.74, 6) is 1.11. The van der Waals surface area contributed by atoms with Gasteiger partial charge in [-0.1, -0.05) is 35.6 Å². The Hall–Kier alpha value is -4.90. The van der Waals surface area contributed by atoms with Crippen LogP contribution < -0.4 is 33.8 Å². The summed E-state index contributed by atoms with van der Waals surface area (Å²) in [6.45, 7) is 9.88. The van der Waals surface area contributed by atoms with Gasteiger partial charge in [0.15, 0.2) is 27.8 Å². The molecule has 0 unspecified atom stereocenters. The lowest BCUT2D eigenvalue weighted by atomic mass is 9.95. The Morgan fingerprint density at radius 3 is 2.49 bits per heavy atom. The first kappa shape index (κ1) is 33.5. The highest BCUT2D eigenvalue weighted by Gasteiger charge is 2.34. The SMILES string of the molecule is CCOC(=O)C1=C(C)N=c2s/c(=C\c3ccc(OCc4cccc(F)c4)c(OCC)c3)c(=O)n2[C@@H]1c1ccc(OC(C)C)c(OC)c1. The average Bonchev–Trinajstić information content (AvgIpc) is 3.33. The number of hydrogen-bond acceptors (Lipinski definition) is 9. The van der Waals surface area contributed by atoms with E-state index in [0.29, 0.717) is 61.3 Å². The predicted octanol–water partition coefficient (Wildman–Crippen LogP) is 5.71. The van der Waals surface area contributed by atoms with Crippen molar-refractivity contribution in [2.24, 2.45) is 4.99 Å². The number of nitrogens with zero attached hydrogens (tertiary/aromatic N) is 2. The van der Waals surface area contributed by atoms with E-state index in [1.807, 2.05) is 32.9 Å². The fourth-order valence-corrected chi connectivity index (χ4v) is 6.30. The fourth-order valence-electron chi connectivity index (χ4n) is 5.25. The first-order valence-electron chi connectivity index (χ1n) is 15.3. The molecule has 246 valence electrons. The smallest absolute Gasteiger partial charge is 0.338 e. The molecule has 0 amide bonds. The summed E-state index contributed by atoms with van der Waals surface area (Å²) in [5, 5.41) is 0. The van der Waals surface area contributed by atoms with Crippen molar-refractivity contribution in [2.75, 3.05) is 20.3 Å². The van der Waals surface area contributed by atoms with Crippen LogP contribution in [0.1, 0.15) is 57.4 Å². The van der Waals surface area contributed by atoms with Crippen LogP contribution in [0.2, 0.25) is 0 Å². The van der Waals surface area contributed by atoms with E-state index in [0.717, 1.165) is 0 Å². The Morgan fingerprint density at radius 2 is 1.79 bits per heavy atom. The molecule has 3 aromatic carbocycles. The summed E-state index contributed by atoms with van der Waals surface area (Å²) >= 11 is 1.22. The van der Waals surface area contributed by atoms with Crippen molar-refractivity contribution in [2.45, 2.75) is 53.4 Å². The van der Waals surface area contributed by atoms with Crippen molar-refractivity contribution in [3.8, 4) is 23.0 Å². The van der Waals surface area contributed by atoms with Gasteiger partial charge in [-0.15, -0.1) is 0 Å². The zero-order chi connectivity index (χ0) is 33.7. The number of esters is 1. The van der Waals surface area contributed by atoms with Crippen LogP contribution in [0, 0.1) is 5.82 Å². The number of halogens is 1. The van der Waals surface area contributed by atoms with Gasteiger partial charge in [0.25, 0.3) is 5.56 Å². The molecule has 11 heteroatoms. The Balaban J connectivity index is 1.58. The molecule has 1 atom stereocenters. The van der Waals surface area contributed by atoms with Crippen molar-refractivity contribution in [1.82, 2.24) is 4.57 Å². The van der Waals surface area contributed by atoms with E-state index in [4.69, 9.17) is 23.7 Å². The molecule has 0 N–H and O–H groups in total. The van der Waals surface area contributed by atoms with E-state index in [1.165, 1.54) is 28.0 Å². The Kier molecular flexibility index (Phi) is 10.5. The minimum atomic E-state index is -0.813. The highest BCUT2D eigenvalue weighted by Crippen LogP contribution is 2.36. The van der Waals surface area contributed by atoms with Crippen LogP contribution in [-0.4, -0.2) is 37.0 Å². The summed E-state index contributed by atoms with van der Waals surface area (Å²) < 4.78 is 44.3. The van der Waals surface area contributed by atoms with Crippen LogP contribution in [0.25, 0.3) is 6.08 Å². The molecular weight excluding hydrogens is 623 g/mol. The third-order valence-corrected chi connectivity index (χ3v) is 8.21. The van der Waals surface area contributed by atoms with E-state index in [2.05, 4.69) is 4.99 Å². The molecule has 47 heavy (non-hydrogen) atoms. The molecule has 5 rings (SSSR count). The summed E-state index contributed by atoms with van der Waals surface area (Å²) in [5.41, 5.74) is 2.43. The van der Waals surface area contributed by atoms with E-state index in [9.17, 15) is 14.0 Å². The van der Waals surface area contributed by atoms with Gasteiger partial charge in [0.05, 0.1) is 48.3 Å². The summed E-state index contributed by atoms with van der Waals surface area (Å²) in [6.07, 6.45) is 1.67. The fraction of sp³-hybridized carbons (Fsp3) is 0.306. The van der Waals surface area contributed by atoms with E-state index >= 15 is 0 Å². The maximum Gasteiger partial charge on any atom is 0.338 e. The van der Waals surface area contributed by atoms with Gasteiger partial charge in [-0.2, -0.15) is 0 Å². The van der Waals surface area contributed by atoms with Gasteiger partial charge < -0.3 is 23.7 Å². The van der Waals surface area contributed by atoms with Gasteiger partial charge in [-0.3, -0.25) is 9.36 Å². The summed E-state index contributed by atoms with van der Waals surface area (Å²) in [6, 6.07) is 16.1. The number of hydrogen-bond donors (Lipinski definition) is 0. The molecular formula is C36H37FN2O7S. The number of allylic oxidation sites excluding steroid dienone is 1. The van der Waals surface area contributed by atoms with Crippen molar-refractivity contribution in [3.05, 3.63) is 114 Å². The third kappa shape index (κ3) is 7.41. The van der Waals surface area contributed by atoms with Crippen LogP contribution >= 0.6 is 11.3 Å².